The highest BCUT2D eigenvalue weighted by molar-refractivity contribution is 5.91. The summed E-state index contributed by atoms with van der Waals surface area (Å²) in [4.78, 5) is 33.9. The van der Waals surface area contributed by atoms with Crippen molar-refractivity contribution in [1.82, 2.24) is 19.3 Å². The first-order chi connectivity index (χ1) is 17.2. The number of aliphatic hydroxyl groups excluding tert-OH is 1. The molecule has 4 aromatic rings. The van der Waals surface area contributed by atoms with Crippen LogP contribution in [0.3, 0.4) is 0 Å². The lowest BCUT2D eigenvalue weighted by atomic mass is 10.0. The Hall–Kier alpha value is -4.64. The second-order valence-electron chi connectivity index (χ2n) is 8.15. The number of hydrogen-bond donors (Lipinski definition) is 3. The molecular weight excluding hydrogens is 465 g/mol. The topological polar surface area (TPSA) is 140 Å². The standard InChI is InChI=1S/C25H24FN7O3/c1-13(2)14-8-15-10-29-33(23(35)21(15)18(26)9-14)20-7-5-6-16(17(20)12-34)19-11-32(4)24(36)22(30-19)31-25(27)28-3/h5-11,34H,1,12H2,2-4H3,(H3,27,28,30,31). The van der Waals surface area contributed by atoms with Crippen molar-refractivity contribution in [3.63, 3.8) is 0 Å². The van der Waals surface area contributed by atoms with Gasteiger partial charge in [0.1, 0.15) is 5.82 Å². The number of nitrogens with one attached hydrogen (secondary N) is 1. The minimum atomic E-state index is -0.695. The summed E-state index contributed by atoms with van der Waals surface area (Å²) in [5.41, 5.74) is 7.09. The molecule has 0 saturated carbocycles. The monoisotopic (exact) mass is 489 g/mol. The zero-order valence-electron chi connectivity index (χ0n) is 19.9. The molecule has 0 atom stereocenters. The Kier molecular flexibility index (Phi) is 6.49. The number of rotatable bonds is 5. The Labute approximate surface area is 204 Å². The van der Waals surface area contributed by atoms with E-state index in [1.165, 1.54) is 37.1 Å². The van der Waals surface area contributed by atoms with Crippen LogP contribution in [0.15, 0.2) is 63.9 Å². The van der Waals surface area contributed by atoms with E-state index >= 15 is 0 Å². The maximum atomic E-state index is 14.9. The number of nitrogens with zero attached hydrogens (tertiary/aromatic N) is 5. The summed E-state index contributed by atoms with van der Waals surface area (Å²) in [6.07, 6.45) is 2.87. The van der Waals surface area contributed by atoms with Gasteiger partial charge in [0.2, 0.25) is 0 Å². The largest absolute Gasteiger partial charge is 0.392 e. The second-order valence-corrected chi connectivity index (χ2v) is 8.15. The first kappa shape index (κ1) is 24.5. The van der Waals surface area contributed by atoms with Gasteiger partial charge in [-0.25, -0.2) is 9.37 Å². The van der Waals surface area contributed by atoms with Crippen LogP contribution in [0.2, 0.25) is 0 Å². The number of allylic oxidation sites excluding steroid dienone is 1. The molecule has 10 nitrogen and oxygen atoms in total. The first-order valence-electron chi connectivity index (χ1n) is 10.8. The molecule has 2 heterocycles. The number of aliphatic hydroxyl groups is 1. The molecule has 184 valence electrons. The SMILES string of the molecule is C=C(C)c1cc(F)c2c(=O)n(-c3cccc(-c4cn(C)c(=O)c(NC(N)=NC)n4)c3CO)ncc2c1. The molecule has 0 bridgehead atoms. The summed E-state index contributed by atoms with van der Waals surface area (Å²) >= 11 is 0. The van der Waals surface area contributed by atoms with Crippen molar-refractivity contribution >= 4 is 28.1 Å². The molecule has 4 rings (SSSR count). The molecule has 0 unspecified atom stereocenters. The van der Waals surface area contributed by atoms with Crippen molar-refractivity contribution in [1.29, 1.82) is 0 Å². The maximum Gasteiger partial charge on any atom is 0.293 e. The number of benzene rings is 2. The molecule has 4 N–H and O–H groups in total. The number of aliphatic imine (C=N–C) groups is 1. The van der Waals surface area contributed by atoms with E-state index < -0.39 is 23.5 Å². The maximum absolute atomic E-state index is 14.9. The third-order valence-corrected chi connectivity index (χ3v) is 5.70. The van der Waals surface area contributed by atoms with Gasteiger partial charge >= 0.3 is 0 Å². The number of anilines is 1. The molecule has 0 aliphatic heterocycles. The fraction of sp³-hybridized carbons (Fsp3) is 0.160. The van der Waals surface area contributed by atoms with Gasteiger partial charge < -0.3 is 20.7 Å². The molecule has 0 aliphatic rings. The molecule has 0 amide bonds. The fourth-order valence-corrected chi connectivity index (χ4v) is 3.83. The number of aryl methyl sites for hydroxylation is 1. The lowest BCUT2D eigenvalue weighted by Crippen LogP contribution is -2.30. The molecule has 0 aliphatic carbocycles. The predicted molar refractivity (Wildman–Crippen MR) is 138 cm³/mol. The van der Waals surface area contributed by atoms with Gasteiger partial charge in [-0.1, -0.05) is 24.3 Å². The molecule has 36 heavy (non-hydrogen) atoms. The minimum Gasteiger partial charge on any atom is -0.392 e. The summed E-state index contributed by atoms with van der Waals surface area (Å²) in [6.45, 7) is 5.07. The Bertz CT molecular complexity index is 1670. The number of guanidine groups is 1. The van der Waals surface area contributed by atoms with Gasteiger partial charge in [-0.3, -0.25) is 14.6 Å². The van der Waals surface area contributed by atoms with Crippen LogP contribution in [0.4, 0.5) is 10.2 Å². The van der Waals surface area contributed by atoms with E-state index in [0.29, 0.717) is 33.3 Å². The molecule has 2 aromatic heterocycles. The van der Waals surface area contributed by atoms with Crippen LogP contribution in [0, 0.1) is 5.82 Å². The van der Waals surface area contributed by atoms with Crippen molar-refractivity contribution in [2.75, 3.05) is 12.4 Å². The Morgan fingerprint density at radius 1 is 1.28 bits per heavy atom. The van der Waals surface area contributed by atoms with Gasteiger partial charge in [0.05, 0.1) is 29.6 Å². The van der Waals surface area contributed by atoms with Gasteiger partial charge in [0.25, 0.3) is 11.1 Å². The van der Waals surface area contributed by atoms with Crippen molar-refractivity contribution in [3.8, 4) is 16.9 Å². The highest BCUT2D eigenvalue weighted by Crippen LogP contribution is 2.28. The molecule has 0 saturated heterocycles. The normalized spacial score (nSPS) is 11.6. The summed E-state index contributed by atoms with van der Waals surface area (Å²) in [5.74, 6) is -0.764. The Balaban J connectivity index is 1.94. The van der Waals surface area contributed by atoms with Crippen LogP contribution in [-0.4, -0.2) is 37.4 Å². The van der Waals surface area contributed by atoms with E-state index in [0.717, 1.165) is 4.68 Å². The Morgan fingerprint density at radius 2 is 2.03 bits per heavy atom. The highest BCUT2D eigenvalue weighted by atomic mass is 19.1. The van der Waals surface area contributed by atoms with Gasteiger partial charge in [-0.15, -0.1) is 0 Å². The zero-order valence-corrected chi connectivity index (χ0v) is 19.9. The number of aromatic nitrogens is 4. The van der Waals surface area contributed by atoms with Gasteiger partial charge in [0, 0.05) is 36.8 Å². The summed E-state index contributed by atoms with van der Waals surface area (Å²) < 4.78 is 17.3. The molecule has 2 aromatic carbocycles. The fourth-order valence-electron chi connectivity index (χ4n) is 3.83. The molecular formula is C25H24FN7O3. The molecule has 0 radical (unpaired) electrons. The molecule has 0 fully saturated rings. The van der Waals surface area contributed by atoms with Crippen LogP contribution in [0.5, 0.6) is 0 Å². The summed E-state index contributed by atoms with van der Waals surface area (Å²) in [6, 6.07) is 7.81. The van der Waals surface area contributed by atoms with Crippen LogP contribution in [-0.2, 0) is 13.7 Å². The van der Waals surface area contributed by atoms with Crippen molar-refractivity contribution in [2.24, 2.45) is 17.8 Å². The van der Waals surface area contributed by atoms with E-state index in [4.69, 9.17) is 5.73 Å². The molecule has 11 heteroatoms. The first-order valence-corrected chi connectivity index (χ1v) is 10.8. The van der Waals surface area contributed by atoms with Gasteiger partial charge in [-0.2, -0.15) is 9.78 Å². The average Bonchev–Trinajstić information content (AvgIpc) is 2.85. The van der Waals surface area contributed by atoms with E-state index in [-0.39, 0.29) is 22.9 Å². The predicted octanol–water partition coefficient (Wildman–Crippen LogP) is 2.17. The smallest absolute Gasteiger partial charge is 0.293 e. The van der Waals surface area contributed by atoms with E-state index in [9.17, 15) is 19.1 Å². The third kappa shape index (κ3) is 4.27. The zero-order chi connectivity index (χ0) is 26.1. The van der Waals surface area contributed by atoms with Crippen LogP contribution in [0.1, 0.15) is 18.1 Å². The number of fused-ring (bicyclic) bond motifs is 1. The quantitative estimate of drug-likeness (QED) is 0.288. The third-order valence-electron chi connectivity index (χ3n) is 5.70. The van der Waals surface area contributed by atoms with E-state index in [1.54, 1.807) is 31.2 Å². The number of halogens is 1. The lowest BCUT2D eigenvalue weighted by Gasteiger charge is -2.16. The summed E-state index contributed by atoms with van der Waals surface area (Å²) in [5, 5.41) is 17.4. The highest BCUT2D eigenvalue weighted by Gasteiger charge is 2.18. The van der Waals surface area contributed by atoms with Crippen molar-refractivity contribution < 1.29 is 9.50 Å². The van der Waals surface area contributed by atoms with Crippen LogP contribution < -0.4 is 22.2 Å². The van der Waals surface area contributed by atoms with Gasteiger partial charge in [0.15, 0.2) is 11.8 Å². The van der Waals surface area contributed by atoms with Crippen LogP contribution in [0.25, 0.3) is 33.3 Å². The number of hydrogen-bond acceptors (Lipinski definition) is 6. The minimum absolute atomic E-state index is 0.00312. The number of nitrogens with two attached hydrogens (primary N) is 1. The van der Waals surface area contributed by atoms with Crippen LogP contribution >= 0.6 is 0 Å². The van der Waals surface area contributed by atoms with E-state index in [1.807, 2.05) is 0 Å². The summed E-state index contributed by atoms with van der Waals surface area (Å²) in [7, 11) is 3.00. The average molecular weight is 490 g/mol. The molecule has 0 spiro atoms. The lowest BCUT2D eigenvalue weighted by molar-refractivity contribution is 0.281. The van der Waals surface area contributed by atoms with Crippen molar-refractivity contribution in [2.45, 2.75) is 13.5 Å². The van der Waals surface area contributed by atoms with E-state index in [2.05, 4.69) is 27.0 Å². The Morgan fingerprint density at radius 3 is 2.69 bits per heavy atom. The van der Waals surface area contributed by atoms with Gasteiger partial charge in [-0.05, 0) is 30.7 Å². The second kappa shape index (κ2) is 9.55. The van der Waals surface area contributed by atoms with Crippen molar-refractivity contribution in [3.05, 3.63) is 87.0 Å².